The van der Waals surface area contributed by atoms with E-state index in [0.717, 1.165) is 4.90 Å². The molecule has 0 bridgehead atoms. The number of anilines is 1. The molecule has 0 aliphatic heterocycles. The minimum atomic E-state index is -1.17. The number of benzene rings is 3. The van der Waals surface area contributed by atoms with Gasteiger partial charge in [0.1, 0.15) is 5.75 Å². The van der Waals surface area contributed by atoms with Crippen LogP contribution in [-0.4, -0.2) is 23.6 Å². The Balaban J connectivity index is 1.94. The fraction of sp³-hybridized carbons (Fsp3) is 0.0500. The second-order valence-corrected chi connectivity index (χ2v) is 6.56. The smallest absolute Gasteiger partial charge is 0.335 e. The van der Waals surface area contributed by atoms with Gasteiger partial charge in [-0.2, -0.15) is 5.26 Å². The number of nitrogens with zero attached hydrogens (tertiary/aromatic N) is 2. The van der Waals surface area contributed by atoms with E-state index in [0.29, 0.717) is 21.5 Å². The number of rotatable bonds is 5. The predicted molar refractivity (Wildman–Crippen MR) is 106 cm³/mol. The van der Waals surface area contributed by atoms with Crippen LogP contribution in [0.15, 0.2) is 54.6 Å². The Bertz CT molecular complexity index is 1110. The van der Waals surface area contributed by atoms with E-state index >= 15 is 0 Å². The van der Waals surface area contributed by atoms with Gasteiger partial charge < -0.3 is 9.84 Å². The van der Waals surface area contributed by atoms with Gasteiger partial charge in [-0.25, -0.2) is 9.69 Å². The largest absolute Gasteiger partial charge is 0.483 e. The Hall–Kier alpha value is -3.27. The van der Waals surface area contributed by atoms with Crippen LogP contribution in [0, 0.1) is 11.5 Å². The van der Waals surface area contributed by atoms with Gasteiger partial charge in [0.25, 0.3) is 5.91 Å². The monoisotopic (exact) mass is 414 g/mol. The molecule has 0 aliphatic rings. The molecule has 3 rings (SSSR count). The van der Waals surface area contributed by atoms with E-state index in [1.54, 1.807) is 42.6 Å². The Morgan fingerprint density at radius 3 is 2.46 bits per heavy atom. The van der Waals surface area contributed by atoms with Crippen molar-refractivity contribution in [1.29, 1.82) is 5.26 Å². The summed E-state index contributed by atoms with van der Waals surface area (Å²) < 4.78 is 5.56. The van der Waals surface area contributed by atoms with Gasteiger partial charge in [-0.05, 0) is 41.8 Å². The Morgan fingerprint density at radius 2 is 1.82 bits per heavy atom. The van der Waals surface area contributed by atoms with Crippen molar-refractivity contribution < 1.29 is 19.4 Å². The lowest BCUT2D eigenvalue weighted by molar-refractivity contribution is -0.119. The van der Waals surface area contributed by atoms with Crippen LogP contribution in [0.3, 0.4) is 0 Å². The first-order chi connectivity index (χ1) is 13.4. The van der Waals surface area contributed by atoms with Crippen LogP contribution in [0.4, 0.5) is 5.69 Å². The maximum absolute atomic E-state index is 12.4. The van der Waals surface area contributed by atoms with Gasteiger partial charge in [-0.15, -0.1) is 0 Å². The van der Waals surface area contributed by atoms with Gasteiger partial charge in [-0.1, -0.05) is 41.4 Å². The highest BCUT2D eigenvalue weighted by Crippen LogP contribution is 2.36. The van der Waals surface area contributed by atoms with E-state index in [4.69, 9.17) is 27.9 Å². The van der Waals surface area contributed by atoms with E-state index in [2.05, 4.69) is 0 Å². The van der Waals surface area contributed by atoms with Crippen molar-refractivity contribution in [2.75, 3.05) is 11.5 Å². The fourth-order valence-electron chi connectivity index (χ4n) is 2.67. The third-order valence-corrected chi connectivity index (χ3v) is 4.41. The van der Waals surface area contributed by atoms with Crippen LogP contribution >= 0.6 is 23.2 Å². The normalized spacial score (nSPS) is 10.3. The minimum absolute atomic E-state index is 0.0477. The molecule has 0 heterocycles. The van der Waals surface area contributed by atoms with E-state index in [-0.39, 0.29) is 16.3 Å². The summed E-state index contributed by atoms with van der Waals surface area (Å²) in [5.41, 5.74) is 0.348. The molecule has 0 unspecified atom stereocenters. The number of fused-ring (bicyclic) bond motifs is 1. The first kappa shape index (κ1) is 19.5. The number of aromatic carboxylic acids is 1. The van der Waals surface area contributed by atoms with E-state index < -0.39 is 18.5 Å². The Morgan fingerprint density at radius 1 is 1.11 bits per heavy atom. The number of nitriles is 1. The molecule has 1 N–H and O–H groups in total. The van der Waals surface area contributed by atoms with Gasteiger partial charge in [0.05, 0.1) is 16.3 Å². The number of para-hydroxylation sites is 1. The van der Waals surface area contributed by atoms with Crippen LogP contribution in [0.1, 0.15) is 10.4 Å². The van der Waals surface area contributed by atoms with Gasteiger partial charge in [-0.3, -0.25) is 4.79 Å². The average molecular weight is 415 g/mol. The zero-order valence-corrected chi connectivity index (χ0v) is 15.7. The molecule has 0 aromatic heterocycles. The number of carboxylic acids is 1. The van der Waals surface area contributed by atoms with Crippen molar-refractivity contribution in [1.82, 2.24) is 0 Å². The fourth-order valence-corrected chi connectivity index (χ4v) is 3.27. The molecule has 1 amide bonds. The maximum Gasteiger partial charge on any atom is 0.335 e. The number of ether oxygens (including phenoxy) is 1. The molecular weight excluding hydrogens is 403 g/mol. The molecule has 140 valence electrons. The number of carbonyl (C=O) groups excluding carboxylic acids is 1. The van der Waals surface area contributed by atoms with Crippen LogP contribution < -0.4 is 9.64 Å². The van der Waals surface area contributed by atoms with Gasteiger partial charge >= 0.3 is 5.97 Å². The minimum Gasteiger partial charge on any atom is -0.483 e. The first-order valence-corrected chi connectivity index (χ1v) is 8.73. The van der Waals surface area contributed by atoms with Gasteiger partial charge in [0.2, 0.25) is 0 Å². The SMILES string of the molecule is N#CN(C(=O)COc1cc(C(=O)O)cc2cc(Cl)cc(Cl)c12)c1ccccc1. The summed E-state index contributed by atoms with van der Waals surface area (Å²) in [5, 5.41) is 20.1. The summed E-state index contributed by atoms with van der Waals surface area (Å²) in [5.74, 6) is -1.68. The zero-order chi connectivity index (χ0) is 20.3. The molecule has 0 spiro atoms. The molecule has 3 aromatic rings. The Kier molecular flexibility index (Phi) is 5.69. The van der Waals surface area contributed by atoms with E-state index in [9.17, 15) is 20.0 Å². The third-order valence-electron chi connectivity index (χ3n) is 3.89. The molecule has 3 aromatic carbocycles. The summed E-state index contributed by atoms with van der Waals surface area (Å²) in [6.45, 7) is -0.487. The molecule has 6 nitrogen and oxygen atoms in total. The molecule has 0 fully saturated rings. The van der Waals surface area contributed by atoms with Crippen LogP contribution in [0.2, 0.25) is 10.0 Å². The average Bonchev–Trinajstić information content (AvgIpc) is 2.66. The topological polar surface area (TPSA) is 90.6 Å². The van der Waals surface area contributed by atoms with Crippen LogP contribution in [0.25, 0.3) is 10.8 Å². The summed E-state index contributed by atoms with van der Waals surface area (Å²) in [4.78, 5) is 24.7. The summed E-state index contributed by atoms with van der Waals surface area (Å²) in [7, 11) is 0. The van der Waals surface area contributed by atoms with Crippen molar-refractivity contribution in [3.63, 3.8) is 0 Å². The quantitative estimate of drug-likeness (QED) is 0.480. The van der Waals surface area contributed by atoms with Gasteiger partial charge in [0, 0.05) is 10.4 Å². The summed E-state index contributed by atoms with van der Waals surface area (Å²) >= 11 is 12.2. The first-order valence-electron chi connectivity index (χ1n) is 7.97. The number of halogens is 2. The molecule has 8 heteroatoms. The standard InChI is InChI=1S/C20H12Cl2N2O4/c21-14-7-12-6-13(20(26)27)8-17(19(12)16(22)9-14)28-10-18(25)24(11-23)15-4-2-1-3-5-15/h1-9H,10H2,(H,26,27). The van der Waals surface area contributed by atoms with Crippen molar-refractivity contribution in [2.24, 2.45) is 0 Å². The van der Waals surface area contributed by atoms with Crippen LogP contribution in [-0.2, 0) is 4.79 Å². The Labute approximate surface area is 170 Å². The highest BCUT2D eigenvalue weighted by Gasteiger charge is 2.18. The zero-order valence-electron chi connectivity index (χ0n) is 14.2. The summed E-state index contributed by atoms with van der Waals surface area (Å²) in [6, 6.07) is 14.1. The van der Waals surface area contributed by atoms with Gasteiger partial charge in [0.15, 0.2) is 12.8 Å². The van der Waals surface area contributed by atoms with Crippen molar-refractivity contribution in [2.45, 2.75) is 0 Å². The summed E-state index contributed by atoms with van der Waals surface area (Å²) in [6.07, 6.45) is 1.81. The lowest BCUT2D eigenvalue weighted by Gasteiger charge is -2.16. The van der Waals surface area contributed by atoms with Crippen molar-refractivity contribution in [3.05, 3.63) is 70.2 Å². The van der Waals surface area contributed by atoms with Crippen molar-refractivity contribution >= 4 is 51.5 Å². The predicted octanol–water partition coefficient (Wildman–Crippen LogP) is 4.74. The van der Waals surface area contributed by atoms with Crippen molar-refractivity contribution in [3.8, 4) is 11.9 Å². The molecule has 0 atom stereocenters. The highest BCUT2D eigenvalue weighted by molar-refractivity contribution is 6.39. The lowest BCUT2D eigenvalue weighted by Crippen LogP contribution is -2.30. The number of carboxylic acid groups (broad SMARTS) is 1. The third kappa shape index (κ3) is 4.01. The van der Waals surface area contributed by atoms with E-state index in [1.807, 2.05) is 0 Å². The molecule has 0 saturated carbocycles. The van der Waals surface area contributed by atoms with E-state index in [1.165, 1.54) is 18.2 Å². The highest BCUT2D eigenvalue weighted by atomic mass is 35.5. The molecule has 0 aliphatic carbocycles. The maximum atomic E-state index is 12.4. The number of hydrogen-bond acceptors (Lipinski definition) is 4. The second-order valence-electron chi connectivity index (χ2n) is 5.72. The number of carbonyl (C=O) groups is 2. The van der Waals surface area contributed by atoms with Crippen LogP contribution in [0.5, 0.6) is 5.75 Å². The molecule has 0 radical (unpaired) electrons. The lowest BCUT2D eigenvalue weighted by atomic mass is 10.1. The molecular formula is C20H12Cl2N2O4. The number of amides is 1. The molecule has 0 saturated heterocycles. The number of hydrogen-bond donors (Lipinski definition) is 1. The molecule has 28 heavy (non-hydrogen) atoms. The second kappa shape index (κ2) is 8.17.